The number of nitrogens with zero attached hydrogens (tertiary/aromatic N) is 1. The number of aliphatic carboxylic acids is 1. The Morgan fingerprint density at radius 1 is 1.41 bits per heavy atom. The molecule has 0 spiro atoms. The SMILES string of the molecule is CC(C)CC(=O)N1C(C(=O)O)CSC1C1CC1. The number of carbonyl (C=O) groups excluding carboxylic acids is 1. The fourth-order valence-corrected chi connectivity index (χ4v) is 3.89. The highest BCUT2D eigenvalue weighted by atomic mass is 32.2. The van der Waals surface area contributed by atoms with Crippen molar-refractivity contribution < 1.29 is 14.7 Å². The Balaban J connectivity index is 2.10. The number of carboxylic acids is 1. The van der Waals surface area contributed by atoms with Crippen molar-refractivity contribution in [1.82, 2.24) is 4.90 Å². The number of thioether (sulfide) groups is 1. The molecule has 2 rings (SSSR count). The van der Waals surface area contributed by atoms with Crippen LogP contribution in [0.4, 0.5) is 0 Å². The van der Waals surface area contributed by atoms with Crippen LogP contribution in [0.2, 0.25) is 0 Å². The molecule has 1 saturated carbocycles. The second-order valence-electron chi connectivity index (χ2n) is 5.31. The monoisotopic (exact) mass is 257 g/mol. The van der Waals surface area contributed by atoms with E-state index >= 15 is 0 Å². The molecule has 0 aromatic rings. The number of carbonyl (C=O) groups is 2. The zero-order valence-corrected chi connectivity index (χ0v) is 11.1. The molecule has 1 amide bonds. The molecule has 0 bridgehead atoms. The van der Waals surface area contributed by atoms with E-state index in [1.54, 1.807) is 16.7 Å². The lowest BCUT2D eigenvalue weighted by Crippen LogP contribution is -2.46. The maximum Gasteiger partial charge on any atom is 0.327 e. The largest absolute Gasteiger partial charge is 0.480 e. The average Bonchev–Trinajstić information content (AvgIpc) is 2.95. The average molecular weight is 257 g/mol. The first-order chi connectivity index (χ1) is 8.00. The summed E-state index contributed by atoms with van der Waals surface area (Å²) in [6.45, 7) is 3.98. The summed E-state index contributed by atoms with van der Waals surface area (Å²) in [4.78, 5) is 25.0. The Morgan fingerprint density at radius 3 is 2.53 bits per heavy atom. The number of hydrogen-bond acceptors (Lipinski definition) is 3. The summed E-state index contributed by atoms with van der Waals surface area (Å²) in [6, 6.07) is -0.614. The van der Waals surface area contributed by atoms with E-state index in [2.05, 4.69) is 0 Å². The van der Waals surface area contributed by atoms with Crippen molar-refractivity contribution in [2.45, 2.75) is 44.5 Å². The summed E-state index contributed by atoms with van der Waals surface area (Å²) in [5, 5.41) is 9.29. The quantitative estimate of drug-likeness (QED) is 0.834. The highest BCUT2D eigenvalue weighted by molar-refractivity contribution is 8.00. The summed E-state index contributed by atoms with van der Waals surface area (Å²) in [5.74, 6) is 0.496. The summed E-state index contributed by atoms with van der Waals surface area (Å²) in [5.41, 5.74) is 0. The minimum atomic E-state index is -0.863. The van der Waals surface area contributed by atoms with E-state index in [1.165, 1.54) is 0 Å². The van der Waals surface area contributed by atoms with Crippen molar-refractivity contribution in [1.29, 1.82) is 0 Å². The van der Waals surface area contributed by atoms with Crippen molar-refractivity contribution in [3.63, 3.8) is 0 Å². The van der Waals surface area contributed by atoms with Crippen molar-refractivity contribution in [3.05, 3.63) is 0 Å². The van der Waals surface area contributed by atoms with Gasteiger partial charge in [-0.15, -0.1) is 11.8 Å². The van der Waals surface area contributed by atoms with Gasteiger partial charge in [-0.2, -0.15) is 0 Å². The molecule has 2 fully saturated rings. The van der Waals surface area contributed by atoms with Gasteiger partial charge in [0.05, 0.1) is 5.37 Å². The summed E-state index contributed by atoms with van der Waals surface area (Å²) in [6.07, 6.45) is 2.72. The van der Waals surface area contributed by atoms with Gasteiger partial charge in [0.15, 0.2) is 0 Å². The highest BCUT2D eigenvalue weighted by Crippen LogP contribution is 2.45. The lowest BCUT2D eigenvalue weighted by Gasteiger charge is -2.28. The minimum absolute atomic E-state index is 0.00861. The minimum Gasteiger partial charge on any atom is -0.480 e. The maximum atomic E-state index is 12.2. The molecule has 2 atom stereocenters. The van der Waals surface area contributed by atoms with Gasteiger partial charge in [-0.3, -0.25) is 4.79 Å². The zero-order chi connectivity index (χ0) is 12.6. The molecular weight excluding hydrogens is 238 g/mol. The van der Waals surface area contributed by atoms with E-state index < -0.39 is 12.0 Å². The van der Waals surface area contributed by atoms with Crippen LogP contribution in [0.3, 0.4) is 0 Å². The molecule has 5 heteroatoms. The third-order valence-electron chi connectivity index (χ3n) is 3.22. The molecule has 1 saturated heterocycles. The Labute approximate surface area is 106 Å². The third-order valence-corrected chi connectivity index (χ3v) is 4.68. The summed E-state index contributed by atoms with van der Waals surface area (Å²) < 4.78 is 0. The first kappa shape index (κ1) is 12.7. The summed E-state index contributed by atoms with van der Waals surface area (Å²) in [7, 11) is 0. The zero-order valence-electron chi connectivity index (χ0n) is 10.3. The second-order valence-corrected chi connectivity index (χ2v) is 6.46. The molecule has 2 aliphatic rings. The van der Waals surface area contributed by atoms with Crippen LogP contribution in [0.15, 0.2) is 0 Å². The highest BCUT2D eigenvalue weighted by Gasteiger charge is 2.47. The van der Waals surface area contributed by atoms with Crippen LogP contribution in [0, 0.1) is 11.8 Å². The lowest BCUT2D eigenvalue weighted by molar-refractivity contribution is -0.149. The summed E-state index contributed by atoms with van der Waals surface area (Å²) >= 11 is 1.64. The van der Waals surface area contributed by atoms with Crippen molar-refractivity contribution >= 4 is 23.6 Å². The van der Waals surface area contributed by atoms with Crippen LogP contribution >= 0.6 is 11.8 Å². The molecule has 0 aromatic carbocycles. The Bertz CT molecular complexity index is 328. The first-order valence-electron chi connectivity index (χ1n) is 6.16. The smallest absolute Gasteiger partial charge is 0.327 e. The molecule has 1 aliphatic heterocycles. The van der Waals surface area contributed by atoms with Gasteiger partial charge in [0.2, 0.25) is 5.91 Å². The fraction of sp³-hybridized carbons (Fsp3) is 0.833. The molecule has 4 nitrogen and oxygen atoms in total. The van der Waals surface area contributed by atoms with E-state index in [0.29, 0.717) is 18.1 Å². The lowest BCUT2D eigenvalue weighted by atomic mass is 10.1. The number of amides is 1. The predicted molar refractivity (Wildman–Crippen MR) is 66.7 cm³/mol. The third kappa shape index (κ3) is 2.76. The van der Waals surface area contributed by atoms with Crippen molar-refractivity contribution in [2.24, 2.45) is 11.8 Å². The fourth-order valence-electron chi connectivity index (χ4n) is 2.23. The van der Waals surface area contributed by atoms with Gasteiger partial charge in [-0.1, -0.05) is 13.8 Å². The number of hydrogen-bond donors (Lipinski definition) is 1. The first-order valence-corrected chi connectivity index (χ1v) is 7.21. The van der Waals surface area contributed by atoms with Gasteiger partial charge in [-0.25, -0.2) is 4.79 Å². The standard InChI is InChI=1S/C12H19NO3S/c1-7(2)5-10(14)13-9(12(15)16)6-17-11(13)8-3-4-8/h7-9,11H,3-6H2,1-2H3,(H,15,16). The Kier molecular flexibility index (Phi) is 3.66. The van der Waals surface area contributed by atoms with Crippen molar-refractivity contribution in [3.8, 4) is 0 Å². The molecule has 96 valence electrons. The van der Waals surface area contributed by atoms with Gasteiger partial charge in [0, 0.05) is 12.2 Å². The Morgan fingerprint density at radius 2 is 2.06 bits per heavy atom. The van der Waals surface area contributed by atoms with Crippen molar-refractivity contribution in [2.75, 3.05) is 5.75 Å². The number of carboxylic acid groups (broad SMARTS) is 1. The topological polar surface area (TPSA) is 57.6 Å². The van der Waals surface area contributed by atoms with Crippen LogP contribution in [0.25, 0.3) is 0 Å². The molecule has 2 unspecified atom stereocenters. The van der Waals surface area contributed by atoms with Gasteiger partial charge in [0.1, 0.15) is 6.04 Å². The van der Waals surface area contributed by atoms with Gasteiger partial charge >= 0.3 is 5.97 Å². The molecule has 1 aliphatic carbocycles. The van der Waals surface area contributed by atoms with E-state index in [9.17, 15) is 14.7 Å². The molecular formula is C12H19NO3S. The molecule has 1 N–H and O–H groups in total. The number of rotatable bonds is 4. The molecule has 1 heterocycles. The normalized spacial score (nSPS) is 28.8. The second kappa shape index (κ2) is 4.88. The van der Waals surface area contributed by atoms with Crippen LogP contribution in [-0.4, -0.2) is 39.1 Å². The van der Waals surface area contributed by atoms with Gasteiger partial charge < -0.3 is 10.0 Å². The van der Waals surface area contributed by atoms with Crippen LogP contribution in [0.5, 0.6) is 0 Å². The molecule has 0 aromatic heterocycles. The van der Waals surface area contributed by atoms with Gasteiger partial charge in [-0.05, 0) is 24.7 Å². The van der Waals surface area contributed by atoms with Crippen LogP contribution in [-0.2, 0) is 9.59 Å². The van der Waals surface area contributed by atoms with Crippen LogP contribution in [0.1, 0.15) is 33.1 Å². The van der Waals surface area contributed by atoms with E-state index in [0.717, 1.165) is 12.8 Å². The van der Waals surface area contributed by atoms with Crippen LogP contribution < -0.4 is 0 Å². The van der Waals surface area contributed by atoms with E-state index in [4.69, 9.17) is 0 Å². The van der Waals surface area contributed by atoms with E-state index in [1.807, 2.05) is 13.8 Å². The van der Waals surface area contributed by atoms with E-state index in [-0.39, 0.29) is 17.2 Å². The molecule has 0 radical (unpaired) electrons. The van der Waals surface area contributed by atoms with Gasteiger partial charge in [0.25, 0.3) is 0 Å². The molecule has 17 heavy (non-hydrogen) atoms. The Hall–Kier alpha value is -0.710. The predicted octanol–water partition coefficient (Wildman–Crippen LogP) is 1.80. The maximum absolute atomic E-state index is 12.2.